The molecule has 0 aliphatic rings. The molecule has 3 aromatic heterocycles. The van der Waals surface area contributed by atoms with E-state index in [1.807, 2.05) is 60.3 Å². The summed E-state index contributed by atoms with van der Waals surface area (Å²) in [5.41, 5.74) is 3.85. The van der Waals surface area contributed by atoms with Crippen molar-refractivity contribution in [2.45, 2.75) is 13.5 Å². The molecule has 130 valence electrons. The molecule has 0 aliphatic heterocycles. The van der Waals surface area contributed by atoms with Crippen LogP contribution < -0.4 is 0 Å². The van der Waals surface area contributed by atoms with Crippen LogP contribution >= 0.6 is 0 Å². The molecule has 0 fully saturated rings. The van der Waals surface area contributed by atoms with E-state index in [-0.39, 0.29) is 0 Å². The summed E-state index contributed by atoms with van der Waals surface area (Å²) in [7, 11) is 1.35. The van der Waals surface area contributed by atoms with Crippen LogP contribution in [0.3, 0.4) is 0 Å². The number of rotatable bonds is 4. The molecule has 0 unspecified atom stereocenters. The quantitative estimate of drug-likeness (QED) is 0.530. The van der Waals surface area contributed by atoms with E-state index in [9.17, 15) is 4.79 Å². The van der Waals surface area contributed by atoms with Crippen LogP contribution in [-0.4, -0.2) is 37.5 Å². The van der Waals surface area contributed by atoms with Gasteiger partial charge in [-0.05, 0) is 19.1 Å². The third-order valence-electron chi connectivity index (χ3n) is 4.12. The standard InChI is InChI=1S/C19H17N5O2/c1-3-23-10-9-14(21-23)16-11-17(19(25)26-2)24-18(20-16)12-15(22-24)13-7-5-4-6-8-13/h4-12H,3H2,1-2H3. The van der Waals surface area contributed by atoms with Crippen molar-refractivity contribution in [2.24, 2.45) is 0 Å². The maximum Gasteiger partial charge on any atom is 0.356 e. The van der Waals surface area contributed by atoms with E-state index >= 15 is 0 Å². The zero-order valence-corrected chi connectivity index (χ0v) is 14.5. The lowest BCUT2D eigenvalue weighted by Crippen LogP contribution is -2.10. The second kappa shape index (κ2) is 6.44. The summed E-state index contributed by atoms with van der Waals surface area (Å²) in [6.45, 7) is 2.77. The Morgan fingerprint density at radius 1 is 1.04 bits per heavy atom. The third kappa shape index (κ3) is 2.73. The summed E-state index contributed by atoms with van der Waals surface area (Å²) in [6.07, 6.45) is 1.88. The Hall–Kier alpha value is -3.48. The van der Waals surface area contributed by atoms with Crippen LogP contribution in [0.2, 0.25) is 0 Å². The molecule has 0 radical (unpaired) electrons. The number of fused-ring (bicyclic) bond motifs is 1. The molecular weight excluding hydrogens is 330 g/mol. The van der Waals surface area contributed by atoms with Crippen molar-refractivity contribution in [3.8, 4) is 22.6 Å². The van der Waals surface area contributed by atoms with Gasteiger partial charge in [-0.15, -0.1) is 0 Å². The summed E-state index contributed by atoms with van der Waals surface area (Å²) in [4.78, 5) is 16.9. The van der Waals surface area contributed by atoms with Crippen molar-refractivity contribution >= 4 is 11.6 Å². The smallest absolute Gasteiger partial charge is 0.356 e. The van der Waals surface area contributed by atoms with Crippen LogP contribution in [0.15, 0.2) is 54.7 Å². The lowest BCUT2D eigenvalue weighted by atomic mass is 10.2. The van der Waals surface area contributed by atoms with Gasteiger partial charge in [-0.2, -0.15) is 10.2 Å². The second-order valence-corrected chi connectivity index (χ2v) is 5.74. The minimum absolute atomic E-state index is 0.306. The van der Waals surface area contributed by atoms with Crippen LogP contribution in [0.4, 0.5) is 0 Å². The lowest BCUT2D eigenvalue weighted by molar-refractivity contribution is 0.0590. The Bertz CT molecular complexity index is 1080. The van der Waals surface area contributed by atoms with Gasteiger partial charge >= 0.3 is 5.97 Å². The Balaban J connectivity index is 1.91. The molecule has 0 saturated heterocycles. The number of aromatic nitrogens is 5. The molecule has 0 aliphatic carbocycles. The topological polar surface area (TPSA) is 74.3 Å². The van der Waals surface area contributed by atoms with E-state index in [0.29, 0.717) is 22.7 Å². The van der Waals surface area contributed by atoms with E-state index in [1.54, 1.807) is 6.07 Å². The molecule has 0 amide bonds. The van der Waals surface area contributed by atoms with Crippen molar-refractivity contribution in [2.75, 3.05) is 7.11 Å². The fraction of sp³-hybridized carbons (Fsp3) is 0.158. The van der Waals surface area contributed by atoms with Crippen molar-refractivity contribution in [1.29, 1.82) is 0 Å². The highest BCUT2D eigenvalue weighted by atomic mass is 16.5. The molecule has 0 saturated carbocycles. The number of carbonyl (C=O) groups excluding carboxylic acids is 1. The van der Waals surface area contributed by atoms with E-state index in [4.69, 9.17) is 4.74 Å². The van der Waals surface area contributed by atoms with Gasteiger partial charge in [-0.1, -0.05) is 30.3 Å². The molecule has 4 aromatic rings. The fourth-order valence-electron chi connectivity index (χ4n) is 2.78. The summed E-state index contributed by atoms with van der Waals surface area (Å²) in [6, 6.07) is 15.1. The van der Waals surface area contributed by atoms with Gasteiger partial charge in [0.1, 0.15) is 5.69 Å². The normalized spacial score (nSPS) is 11.0. The van der Waals surface area contributed by atoms with E-state index in [0.717, 1.165) is 17.8 Å². The maximum absolute atomic E-state index is 12.3. The molecule has 7 nitrogen and oxygen atoms in total. The van der Waals surface area contributed by atoms with Crippen molar-refractivity contribution in [1.82, 2.24) is 24.4 Å². The predicted octanol–water partition coefficient (Wildman–Crippen LogP) is 3.07. The Labute approximate surface area is 149 Å². The number of benzene rings is 1. The monoisotopic (exact) mass is 347 g/mol. The highest BCUT2D eigenvalue weighted by Crippen LogP contribution is 2.23. The van der Waals surface area contributed by atoms with Gasteiger partial charge in [0, 0.05) is 24.4 Å². The summed E-state index contributed by atoms with van der Waals surface area (Å²) >= 11 is 0. The first-order valence-electron chi connectivity index (χ1n) is 8.28. The Morgan fingerprint density at radius 2 is 1.85 bits per heavy atom. The number of carbonyl (C=O) groups is 1. The van der Waals surface area contributed by atoms with Crippen LogP contribution in [0.5, 0.6) is 0 Å². The molecule has 0 N–H and O–H groups in total. The second-order valence-electron chi connectivity index (χ2n) is 5.74. The molecular formula is C19H17N5O2. The van der Waals surface area contributed by atoms with Gasteiger partial charge < -0.3 is 4.74 Å². The summed E-state index contributed by atoms with van der Waals surface area (Å²) < 4.78 is 8.24. The molecule has 1 aromatic carbocycles. The van der Waals surface area contributed by atoms with Gasteiger partial charge in [-0.3, -0.25) is 4.68 Å². The van der Waals surface area contributed by atoms with Gasteiger partial charge in [0.15, 0.2) is 11.3 Å². The van der Waals surface area contributed by atoms with Crippen molar-refractivity contribution < 1.29 is 9.53 Å². The number of aryl methyl sites for hydroxylation is 1. The van der Waals surface area contributed by atoms with Crippen molar-refractivity contribution in [3.63, 3.8) is 0 Å². The fourth-order valence-corrected chi connectivity index (χ4v) is 2.78. The molecule has 3 heterocycles. The van der Waals surface area contributed by atoms with Gasteiger partial charge in [-0.25, -0.2) is 14.3 Å². The van der Waals surface area contributed by atoms with Crippen LogP contribution in [0, 0.1) is 0 Å². The lowest BCUT2D eigenvalue weighted by Gasteiger charge is -2.05. The zero-order valence-electron chi connectivity index (χ0n) is 14.5. The number of hydrogen-bond acceptors (Lipinski definition) is 5. The number of methoxy groups -OCH3 is 1. The molecule has 4 rings (SSSR count). The van der Waals surface area contributed by atoms with Gasteiger partial charge in [0.2, 0.25) is 0 Å². The molecule has 0 bridgehead atoms. The SMILES string of the molecule is CCn1ccc(-c2cc(C(=O)OC)n3nc(-c4ccccc4)cc3n2)n1. The summed E-state index contributed by atoms with van der Waals surface area (Å²) in [5, 5.41) is 9.01. The number of ether oxygens (including phenoxy) is 1. The number of nitrogens with zero attached hydrogens (tertiary/aromatic N) is 5. The highest BCUT2D eigenvalue weighted by Gasteiger charge is 2.18. The first kappa shape index (κ1) is 16.0. The Morgan fingerprint density at radius 3 is 2.54 bits per heavy atom. The van der Waals surface area contributed by atoms with Crippen LogP contribution in [-0.2, 0) is 11.3 Å². The first-order chi connectivity index (χ1) is 12.7. The highest BCUT2D eigenvalue weighted by molar-refractivity contribution is 5.89. The zero-order chi connectivity index (χ0) is 18.1. The number of hydrogen-bond donors (Lipinski definition) is 0. The predicted molar refractivity (Wildman–Crippen MR) is 96.7 cm³/mol. The Kier molecular flexibility index (Phi) is 3.96. The molecule has 26 heavy (non-hydrogen) atoms. The van der Waals surface area contributed by atoms with Crippen LogP contribution in [0.25, 0.3) is 28.3 Å². The van der Waals surface area contributed by atoms with Crippen molar-refractivity contribution in [3.05, 3.63) is 60.4 Å². The number of esters is 1. The van der Waals surface area contributed by atoms with Gasteiger partial charge in [0.25, 0.3) is 0 Å². The average molecular weight is 347 g/mol. The van der Waals surface area contributed by atoms with Crippen LogP contribution in [0.1, 0.15) is 17.4 Å². The third-order valence-corrected chi connectivity index (χ3v) is 4.12. The van der Waals surface area contributed by atoms with E-state index < -0.39 is 5.97 Å². The summed E-state index contributed by atoms with van der Waals surface area (Å²) in [5.74, 6) is -0.476. The van der Waals surface area contributed by atoms with E-state index in [1.165, 1.54) is 11.6 Å². The average Bonchev–Trinajstić information content (AvgIpc) is 3.34. The molecule has 7 heteroatoms. The minimum Gasteiger partial charge on any atom is -0.464 e. The maximum atomic E-state index is 12.3. The first-order valence-corrected chi connectivity index (χ1v) is 8.28. The largest absolute Gasteiger partial charge is 0.464 e. The van der Waals surface area contributed by atoms with E-state index in [2.05, 4.69) is 15.2 Å². The molecule has 0 atom stereocenters. The van der Waals surface area contributed by atoms with Gasteiger partial charge in [0.05, 0.1) is 18.5 Å². The molecule has 0 spiro atoms. The minimum atomic E-state index is -0.476.